The van der Waals surface area contributed by atoms with Crippen molar-refractivity contribution in [1.82, 2.24) is 10.2 Å². The van der Waals surface area contributed by atoms with Crippen molar-refractivity contribution in [3.8, 4) is 5.75 Å². The molecule has 0 saturated carbocycles. The van der Waals surface area contributed by atoms with Crippen molar-refractivity contribution in [3.63, 3.8) is 0 Å². The maximum Gasteiger partial charge on any atom is 0.408 e. The quantitative estimate of drug-likeness (QED) is 0.112. The lowest BCUT2D eigenvalue weighted by Crippen LogP contribution is -2.53. The number of rotatable bonds is 15. The van der Waals surface area contributed by atoms with Gasteiger partial charge in [0.25, 0.3) is 5.91 Å². The Balaban J connectivity index is 1.73. The number of hydrogen-bond donors (Lipinski definition) is 3. The fraction of sp³-hybridized carbons (Fsp3) is 0.375. The van der Waals surface area contributed by atoms with Gasteiger partial charge in [-0.1, -0.05) is 118 Å². The highest BCUT2D eigenvalue weighted by atomic mass is 16.6. The summed E-state index contributed by atoms with van der Waals surface area (Å²) < 4.78 is 5.56. The molecule has 2 atom stereocenters. The largest absolute Gasteiger partial charge is 0.508 e. The number of anilines is 1. The first-order chi connectivity index (χ1) is 23.1. The third kappa shape index (κ3) is 10.6. The molecule has 0 fully saturated rings. The molecule has 0 saturated heterocycles. The number of carbonyl (C=O) groups is 3. The fourth-order valence-electron chi connectivity index (χ4n) is 5.78. The third-order valence-corrected chi connectivity index (χ3v) is 8.12. The molecule has 48 heavy (non-hydrogen) atoms. The second kappa shape index (κ2) is 17.3. The van der Waals surface area contributed by atoms with Crippen LogP contribution in [0.25, 0.3) is 10.8 Å². The lowest BCUT2D eigenvalue weighted by Gasteiger charge is -2.35. The summed E-state index contributed by atoms with van der Waals surface area (Å²) in [6.07, 6.45) is 5.32. The number of nitrogens with one attached hydrogen (secondary N) is 2. The van der Waals surface area contributed by atoms with E-state index in [0.29, 0.717) is 17.7 Å². The molecule has 8 nitrogen and oxygen atoms in total. The Morgan fingerprint density at radius 2 is 1.44 bits per heavy atom. The number of fused-ring (bicyclic) bond motifs is 1. The molecule has 4 aromatic rings. The minimum Gasteiger partial charge on any atom is -0.508 e. The van der Waals surface area contributed by atoms with Gasteiger partial charge in [0, 0.05) is 24.2 Å². The van der Waals surface area contributed by atoms with E-state index in [2.05, 4.69) is 17.6 Å². The molecule has 254 valence electrons. The molecule has 3 amide bonds. The number of ether oxygens (including phenoxy) is 1. The summed E-state index contributed by atoms with van der Waals surface area (Å²) in [5.74, 6) is -1.02. The Hall–Kier alpha value is -4.85. The fourth-order valence-corrected chi connectivity index (χ4v) is 5.78. The standard InChI is InChI=1S/C40H49N3O5/c1-5-6-7-8-9-17-26-43(38(46)34(27-29-18-11-10-12-19-29)42-39(47)48-40(2,3)4)36(33-22-15-16-23-35(33)44)37(45)41-32-25-24-30-20-13-14-21-31(30)28-32/h10-16,18-25,28,34,36,44H,5-9,17,26-27H2,1-4H3,(H,41,45)(H,42,47). The van der Waals surface area contributed by atoms with E-state index >= 15 is 0 Å². The summed E-state index contributed by atoms with van der Waals surface area (Å²) in [6, 6.07) is 27.3. The molecule has 0 aliphatic rings. The maximum atomic E-state index is 14.8. The van der Waals surface area contributed by atoms with E-state index in [-0.39, 0.29) is 18.7 Å². The Kier molecular flexibility index (Phi) is 13.0. The van der Waals surface area contributed by atoms with Gasteiger partial charge in [-0.2, -0.15) is 0 Å². The molecule has 8 heteroatoms. The molecule has 2 unspecified atom stereocenters. The number of carbonyl (C=O) groups excluding carboxylic acids is 3. The van der Waals surface area contributed by atoms with Crippen LogP contribution in [-0.4, -0.2) is 46.1 Å². The number of alkyl carbamates (subject to hydrolysis) is 1. The summed E-state index contributed by atoms with van der Waals surface area (Å²) in [7, 11) is 0. The van der Waals surface area contributed by atoms with Gasteiger partial charge < -0.3 is 25.4 Å². The van der Waals surface area contributed by atoms with Crippen LogP contribution in [0, 0.1) is 0 Å². The number of para-hydroxylation sites is 1. The van der Waals surface area contributed by atoms with Crippen LogP contribution in [0.2, 0.25) is 0 Å². The van der Waals surface area contributed by atoms with Gasteiger partial charge in [0.15, 0.2) is 0 Å². The number of phenolic OH excluding ortho intramolecular Hbond substituents is 1. The first-order valence-electron chi connectivity index (χ1n) is 17.0. The van der Waals surface area contributed by atoms with Gasteiger partial charge in [0.1, 0.15) is 23.4 Å². The zero-order chi connectivity index (χ0) is 34.5. The normalized spacial score (nSPS) is 12.6. The predicted octanol–water partition coefficient (Wildman–Crippen LogP) is 8.55. The van der Waals surface area contributed by atoms with E-state index in [1.807, 2.05) is 72.8 Å². The number of nitrogens with zero attached hydrogens (tertiary/aromatic N) is 1. The van der Waals surface area contributed by atoms with E-state index in [1.54, 1.807) is 39.0 Å². The van der Waals surface area contributed by atoms with Gasteiger partial charge in [-0.3, -0.25) is 9.59 Å². The number of unbranched alkanes of at least 4 members (excludes halogenated alkanes) is 5. The average molecular weight is 652 g/mol. The first kappa shape index (κ1) is 36.0. The second-order valence-electron chi connectivity index (χ2n) is 13.2. The highest BCUT2D eigenvalue weighted by molar-refractivity contribution is 6.00. The van der Waals surface area contributed by atoms with Crippen LogP contribution in [0.15, 0.2) is 97.1 Å². The molecule has 0 aromatic heterocycles. The van der Waals surface area contributed by atoms with Crippen LogP contribution in [0.4, 0.5) is 10.5 Å². The minimum atomic E-state index is -1.18. The van der Waals surface area contributed by atoms with Crippen LogP contribution in [0.5, 0.6) is 5.75 Å². The van der Waals surface area contributed by atoms with Crippen molar-refractivity contribution < 1.29 is 24.2 Å². The van der Waals surface area contributed by atoms with Gasteiger partial charge in [-0.15, -0.1) is 0 Å². The van der Waals surface area contributed by atoms with Crippen LogP contribution >= 0.6 is 0 Å². The van der Waals surface area contributed by atoms with Gasteiger partial charge in [-0.25, -0.2) is 4.79 Å². The molecule has 4 rings (SSSR count). The van der Waals surface area contributed by atoms with Crippen LogP contribution in [0.3, 0.4) is 0 Å². The van der Waals surface area contributed by atoms with Gasteiger partial charge in [-0.05, 0) is 61.7 Å². The van der Waals surface area contributed by atoms with E-state index < -0.39 is 35.6 Å². The van der Waals surface area contributed by atoms with Crippen molar-refractivity contribution in [2.75, 3.05) is 11.9 Å². The lowest BCUT2D eigenvalue weighted by atomic mass is 9.98. The molecule has 0 aliphatic carbocycles. The molecule has 0 aliphatic heterocycles. The third-order valence-electron chi connectivity index (χ3n) is 8.12. The molecule has 4 aromatic carbocycles. The highest BCUT2D eigenvalue weighted by Gasteiger charge is 2.37. The van der Waals surface area contributed by atoms with Crippen molar-refractivity contribution in [3.05, 3.63) is 108 Å². The Labute approximate surface area is 284 Å². The molecule has 0 heterocycles. The SMILES string of the molecule is CCCCCCCCN(C(=O)C(Cc1ccccc1)NC(=O)OC(C)(C)C)C(C(=O)Nc1ccc2ccccc2c1)c1ccccc1O. The first-order valence-corrected chi connectivity index (χ1v) is 17.0. The lowest BCUT2D eigenvalue weighted by molar-refractivity contribution is -0.141. The van der Waals surface area contributed by atoms with E-state index in [9.17, 15) is 19.5 Å². The van der Waals surface area contributed by atoms with E-state index in [4.69, 9.17) is 4.74 Å². The number of benzene rings is 4. The number of amides is 3. The van der Waals surface area contributed by atoms with E-state index in [0.717, 1.165) is 48.4 Å². The summed E-state index contributed by atoms with van der Waals surface area (Å²) in [5, 5.41) is 18.9. The molecule has 0 radical (unpaired) electrons. The van der Waals surface area contributed by atoms with Crippen molar-refractivity contribution >= 4 is 34.4 Å². The summed E-state index contributed by atoms with van der Waals surface area (Å²) in [5.41, 5.74) is 0.927. The molecule has 0 bridgehead atoms. The molecule has 0 spiro atoms. The zero-order valence-electron chi connectivity index (χ0n) is 28.6. The second-order valence-corrected chi connectivity index (χ2v) is 13.2. The Bertz CT molecular complexity index is 1650. The summed E-state index contributed by atoms with van der Waals surface area (Å²) in [4.78, 5) is 43.8. The summed E-state index contributed by atoms with van der Waals surface area (Å²) >= 11 is 0. The van der Waals surface area contributed by atoms with Crippen LogP contribution < -0.4 is 10.6 Å². The Morgan fingerprint density at radius 3 is 2.15 bits per heavy atom. The maximum absolute atomic E-state index is 14.8. The van der Waals surface area contributed by atoms with Gasteiger partial charge >= 0.3 is 6.09 Å². The molecule has 3 N–H and O–H groups in total. The Morgan fingerprint density at radius 1 is 0.792 bits per heavy atom. The van der Waals surface area contributed by atoms with Crippen molar-refractivity contribution in [2.45, 2.75) is 90.3 Å². The highest BCUT2D eigenvalue weighted by Crippen LogP contribution is 2.32. The van der Waals surface area contributed by atoms with Gasteiger partial charge in [0.2, 0.25) is 5.91 Å². The molecular weight excluding hydrogens is 602 g/mol. The summed E-state index contributed by atoms with van der Waals surface area (Å²) in [6.45, 7) is 7.69. The zero-order valence-corrected chi connectivity index (χ0v) is 28.6. The number of hydrogen-bond acceptors (Lipinski definition) is 5. The van der Waals surface area contributed by atoms with Crippen LogP contribution in [-0.2, 0) is 20.7 Å². The van der Waals surface area contributed by atoms with Crippen molar-refractivity contribution in [1.29, 1.82) is 0 Å². The average Bonchev–Trinajstić information content (AvgIpc) is 3.05. The van der Waals surface area contributed by atoms with Crippen LogP contribution in [0.1, 0.15) is 83.4 Å². The predicted molar refractivity (Wildman–Crippen MR) is 192 cm³/mol. The number of aromatic hydroxyl groups is 1. The van der Waals surface area contributed by atoms with Crippen molar-refractivity contribution in [2.24, 2.45) is 0 Å². The molecular formula is C40H49N3O5. The number of phenols is 1. The monoisotopic (exact) mass is 651 g/mol. The smallest absolute Gasteiger partial charge is 0.408 e. The van der Waals surface area contributed by atoms with Gasteiger partial charge in [0.05, 0.1) is 0 Å². The van der Waals surface area contributed by atoms with E-state index in [1.165, 1.54) is 11.0 Å². The topological polar surface area (TPSA) is 108 Å². The minimum absolute atomic E-state index is 0.100.